The maximum Gasteiger partial charge on any atom is 0.263 e. The van der Waals surface area contributed by atoms with Crippen LogP contribution in [0.1, 0.15) is 33.6 Å². The van der Waals surface area contributed by atoms with Crippen molar-refractivity contribution in [3.8, 4) is 5.69 Å². The molecule has 0 aliphatic carbocycles. The molecule has 0 bridgehead atoms. The highest BCUT2D eigenvalue weighted by Gasteiger charge is 2.25. The molecule has 29 heavy (non-hydrogen) atoms. The Morgan fingerprint density at radius 1 is 1.21 bits per heavy atom. The highest BCUT2D eigenvalue weighted by atomic mass is 16.1. The maximum atomic E-state index is 12.6. The Bertz CT molecular complexity index is 1000. The summed E-state index contributed by atoms with van der Waals surface area (Å²) in [6.07, 6.45) is 4.07. The molecular weight excluding hydrogens is 364 g/mol. The molecule has 1 aliphatic rings. The van der Waals surface area contributed by atoms with E-state index >= 15 is 0 Å². The smallest absolute Gasteiger partial charge is 0.263 e. The average molecular weight is 395 g/mol. The second kappa shape index (κ2) is 8.37. The lowest BCUT2D eigenvalue weighted by Gasteiger charge is -2.38. The van der Waals surface area contributed by atoms with Gasteiger partial charge in [-0.15, -0.1) is 0 Å². The summed E-state index contributed by atoms with van der Waals surface area (Å²) in [4.78, 5) is 22.7. The van der Waals surface area contributed by atoms with E-state index in [9.17, 15) is 4.79 Å². The Hall–Kier alpha value is -2.67. The topological polar surface area (TPSA) is 78.8 Å². The van der Waals surface area contributed by atoms with Crippen molar-refractivity contribution < 1.29 is 0 Å². The largest absolute Gasteiger partial charge is 0.354 e. The molecular formula is C22H30N6O. The van der Waals surface area contributed by atoms with Crippen LogP contribution in [0.2, 0.25) is 0 Å². The van der Waals surface area contributed by atoms with Gasteiger partial charge in [0.1, 0.15) is 5.39 Å². The molecule has 2 N–H and O–H groups in total. The van der Waals surface area contributed by atoms with Crippen molar-refractivity contribution in [3.63, 3.8) is 0 Å². The first kappa shape index (κ1) is 19.6. The molecule has 7 heteroatoms. The first-order valence-corrected chi connectivity index (χ1v) is 10.5. The lowest BCUT2D eigenvalue weighted by atomic mass is 9.94. The number of aromatic amines is 1. The van der Waals surface area contributed by atoms with E-state index in [-0.39, 0.29) is 5.56 Å². The van der Waals surface area contributed by atoms with Gasteiger partial charge in [-0.05, 0) is 49.9 Å². The van der Waals surface area contributed by atoms with E-state index in [2.05, 4.69) is 46.1 Å². The third kappa shape index (κ3) is 4.19. The van der Waals surface area contributed by atoms with Crippen LogP contribution >= 0.6 is 0 Å². The number of anilines is 1. The number of para-hydroxylation sites is 1. The Kier molecular flexibility index (Phi) is 5.67. The number of nitrogens with zero attached hydrogens (tertiary/aromatic N) is 4. The van der Waals surface area contributed by atoms with Crippen LogP contribution < -0.4 is 10.9 Å². The highest BCUT2D eigenvalue weighted by molar-refractivity contribution is 5.76. The van der Waals surface area contributed by atoms with Gasteiger partial charge in [0.25, 0.3) is 5.56 Å². The second-order valence-electron chi connectivity index (χ2n) is 8.45. The summed E-state index contributed by atoms with van der Waals surface area (Å²) in [6, 6.07) is 10.2. The number of piperidine rings is 1. The molecule has 0 saturated carbocycles. The monoisotopic (exact) mass is 394 g/mol. The van der Waals surface area contributed by atoms with Gasteiger partial charge in [0.05, 0.1) is 11.9 Å². The Labute approximate surface area is 171 Å². The molecule has 1 aromatic carbocycles. The fraction of sp³-hybridized carbons (Fsp3) is 0.500. The second-order valence-corrected chi connectivity index (χ2v) is 8.45. The normalized spacial score (nSPS) is 17.1. The molecule has 4 rings (SSSR count). The van der Waals surface area contributed by atoms with Crippen LogP contribution in [0.5, 0.6) is 0 Å². The van der Waals surface area contributed by atoms with Crippen LogP contribution in [0.4, 0.5) is 5.95 Å². The van der Waals surface area contributed by atoms with Crippen LogP contribution in [0.15, 0.2) is 41.3 Å². The Morgan fingerprint density at radius 2 is 1.93 bits per heavy atom. The summed E-state index contributed by atoms with van der Waals surface area (Å²) in [5, 5.41) is 8.25. The number of H-pyrrole nitrogens is 1. The summed E-state index contributed by atoms with van der Waals surface area (Å²) < 4.78 is 1.71. The molecule has 1 fully saturated rings. The minimum absolute atomic E-state index is 0.174. The molecule has 1 unspecified atom stereocenters. The average Bonchev–Trinajstić information content (AvgIpc) is 3.14. The zero-order chi connectivity index (χ0) is 20.4. The van der Waals surface area contributed by atoms with Gasteiger partial charge in [0.2, 0.25) is 5.95 Å². The molecule has 1 saturated heterocycles. The van der Waals surface area contributed by atoms with Crippen molar-refractivity contribution in [2.75, 3.05) is 25.0 Å². The fourth-order valence-corrected chi connectivity index (χ4v) is 4.11. The first-order chi connectivity index (χ1) is 14.0. The number of benzene rings is 1. The van der Waals surface area contributed by atoms with Crippen molar-refractivity contribution in [3.05, 3.63) is 46.9 Å². The molecule has 0 radical (unpaired) electrons. The van der Waals surface area contributed by atoms with E-state index in [0.717, 1.165) is 31.2 Å². The number of nitrogens with one attached hydrogen (secondary N) is 2. The van der Waals surface area contributed by atoms with E-state index in [1.807, 2.05) is 30.3 Å². The molecule has 1 aliphatic heterocycles. The molecule has 1 atom stereocenters. The molecule has 3 aromatic rings. The van der Waals surface area contributed by atoms with Gasteiger partial charge in [0, 0.05) is 12.6 Å². The molecule has 7 nitrogen and oxygen atoms in total. The van der Waals surface area contributed by atoms with E-state index in [0.29, 0.717) is 28.9 Å². The number of rotatable bonds is 6. The summed E-state index contributed by atoms with van der Waals surface area (Å²) in [5.74, 6) is 1.82. The van der Waals surface area contributed by atoms with Crippen LogP contribution in [0.25, 0.3) is 16.7 Å². The van der Waals surface area contributed by atoms with E-state index in [4.69, 9.17) is 0 Å². The Morgan fingerprint density at radius 3 is 2.62 bits per heavy atom. The van der Waals surface area contributed by atoms with Crippen LogP contribution in [0, 0.1) is 11.8 Å². The zero-order valence-electron chi connectivity index (χ0n) is 17.4. The number of hydrogen-bond acceptors (Lipinski definition) is 5. The van der Waals surface area contributed by atoms with Crippen molar-refractivity contribution in [1.29, 1.82) is 0 Å². The minimum atomic E-state index is -0.174. The zero-order valence-corrected chi connectivity index (χ0v) is 17.4. The van der Waals surface area contributed by atoms with Crippen molar-refractivity contribution in [2.24, 2.45) is 11.8 Å². The van der Waals surface area contributed by atoms with Crippen molar-refractivity contribution in [1.82, 2.24) is 24.6 Å². The SMILES string of the molecule is CC1CCN(C(CNc2nc3c(cnn3-c3ccccc3)c(=O)[nH]2)C(C)C)CC1. The van der Waals surface area contributed by atoms with Gasteiger partial charge in [0.15, 0.2) is 5.65 Å². The minimum Gasteiger partial charge on any atom is -0.354 e. The van der Waals surface area contributed by atoms with Gasteiger partial charge >= 0.3 is 0 Å². The van der Waals surface area contributed by atoms with E-state index in [1.54, 1.807) is 10.9 Å². The van der Waals surface area contributed by atoms with Gasteiger partial charge in [-0.3, -0.25) is 14.7 Å². The summed E-state index contributed by atoms with van der Waals surface area (Å²) in [7, 11) is 0. The Balaban J connectivity index is 1.57. The molecule has 0 amide bonds. The fourth-order valence-electron chi connectivity index (χ4n) is 4.11. The van der Waals surface area contributed by atoms with Gasteiger partial charge in [-0.1, -0.05) is 39.0 Å². The summed E-state index contributed by atoms with van der Waals surface area (Å²) in [5.41, 5.74) is 1.27. The third-order valence-corrected chi connectivity index (χ3v) is 5.97. The summed E-state index contributed by atoms with van der Waals surface area (Å²) in [6.45, 7) is 9.87. The van der Waals surface area contributed by atoms with E-state index < -0.39 is 0 Å². The molecule has 154 valence electrons. The quantitative estimate of drug-likeness (QED) is 0.671. The van der Waals surface area contributed by atoms with Gasteiger partial charge in [-0.2, -0.15) is 10.1 Å². The number of fused-ring (bicyclic) bond motifs is 1. The molecule has 3 heterocycles. The molecule has 0 spiro atoms. The van der Waals surface area contributed by atoms with Crippen LogP contribution in [0.3, 0.4) is 0 Å². The predicted octanol–water partition coefficient (Wildman–Crippen LogP) is 3.28. The number of hydrogen-bond donors (Lipinski definition) is 2. The van der Waals surface area contributed by atoms with Crippen molar-refractivity contribution >= 4 is 17.0 Å². The lowest BCUT2D eigenvalue weighted by Crippen LogP contribution is -2.47. The molecule has 2 aromatic heterocycles. The highest BCUT2D eigenvalue weighted by Crippen LogP contribution is 2.22. The van der Waals surface area contributed by atoms with E-state index in [1.165, 1.54) is 12.8 Å². The standard InChI is InChI=1S/C22H30N6O/c1-15(2)19(27-11-9-16(3)10-12-27)14-23-22-25-20-18(21(29)26-22)13-24-28(20)17-7-5-4-6-8-17/h4-8,13,15-16,19H,9-12,14H2,1-3H3,(H2,23,25,26,29). The summed E-state index contributed by atoms with van der Waals surface area (Å²) >= 11 is 0. The number of aromatic nitrogens is 4. The van der Waals surface area contributed by atoms with Crippen LogP contribution in [-0.2, 0) is 0 Å². The number of likely N-dealkylation sites (tertiary alicyclic amines) is 1. The van der Waals surface area contributed by atoms with Gasteiger partial charge < -0.3 is 5.32 Å². The lowest BCUT2D eigenvalue weighted by molar-refractivity contribution is 0.115. The first-order valence-electron chi connectivity index (χ1n) is 10.5. The van der Waals surface area contributed by atoms with Crippen molar-refractivity contribution in [2.45, 2.75) is 39.7 Å². The predicted molar refractivity (Wildman–Crippen MR) is 117 cm³/mol. The van der Waals surface area contributed by atoms with Crippen LogP contribution in [-0.4, -0.2) is 50.3 Å². The van der Waals surface area contributed by atoms with Gasteiger partial charge in [-0.25, -0.2) is 4.68 Å². The third-order valence-electron chi connectivity index (χ3n) is 5.97. The maximum absolute atomic E-state index is 12.6.